The van der Waals surface area contributed by atoms with Crippen molar-refractivity contribution >= 4 is 11.8 Å². The van der Waals surface area contributed by atoms with Crippen LogP contribution in [0.15, 0.2) is 24.3 Å². The molecule has 5 nitrogen and oxygen atoms in total. The molecule has 0 bridgehead atoms. The molecule has 0 aromatic heterocycles. The molecular weight excluding hydrogens is 278 g/mol. The molecule has 1 amide bonds. The molecule has 1 aromatic carbocycles. The third kappa shape index (κ3) is 4.37. The van der Waals surface area contributed by atoms with Crippen LogP contribution in [0.3, 0.4) is 0 Å². The number of rotatable bonds is 2. The Kier molecular flexibility index (Phi) is 4.96. The fraction of sp³-hybridized carbons (Fsp3) is 0.588. The van der Waals surface area contributed by atoms with Crippen LogP contribution in [0, 0.1) is 0 Å². The van der Waals surface area contributed by atoms with Crippen LogP contribution in [0.5, 0.6) is 0 Å². The molecule has 22 heavy (non-hydrogen) atoms. The first-order valence-corrected chi connectivity index (χ1v) is 7.75. The number of anilines is 1. The molecule has 2 rings (SSSR count). The molecule has 1 saturated heterocycles. The summed E-state index contributed by atoms with van der Waals surface area (Å²) in [4.78, 5) is 16.1. The molecule has 5 heteroatoms. The molecule has 1 heterocycles. The molecule has 122 valence electrons. The van der Waals surface area contributed by atoms with Crippen molar-refractivity contribution in [2.75, 3.05) is 38.6 Å². The molecule has 1 unspecified atom stereocenters. The zero-order chi connectivity index (χ0) is 16.3. The number of nitrogens with zero attached hydrogens (tertiary/aromatic N) is 2. The van der Waals surface area contributed by atoms with Gasteiger partial charge in [0.1, 0.15) is 5.60 Å². The average Bonchev–Trinajstić information content (AvgIpc) is 2.46. The van der Waals surface area contributed by atoms with Crippen molar-refractivity contribution in [2.45, 2.75) is 32.4 Å². The SMILES string of the molecule is CN(C)c1cccc(C2CN(C(=O)OC(C)(C)C)CCN2)c1. The van der Waals surface area contributed by atoms with Crippen molar-refractivity contribution in [3.8, 4) is 0 Å². The highest BCUT2D eigenvalue weighted by Crippen LogP contribution is 2.23. The van der Waals surface area contributed by atoms with Gasteiger partial charge in [-0.25, -0.2) is 4.79 Å². The Bertz CT molecular complexity index is 523. The van der Waals surface area contributed by atoms with E-state index in [1.165, 1.54) is 5.56 Å². The first-order chi connectivity index (χ1) is 10.3. The summed E-state index contributed by atoms with van der Waals surface area (Å²) < 4.78 is 5.47. The highest BCUT2D eigenvalue weighted by atomic mass is 16.6. The van der Waals surface area contributed by atoms with E-state index < -0.39 is 5.60 Å². The predicted octanol–water partition coefficient (Wildman–Crippen LogP) is 2.63. The fourth-order valence-corrected chi connectivity index (χ4v) is 2.49. The Morgan fingerprint density at radius 2 is 2.09 bits per heavy atom. The van der Waals surface area contributed by atoms with Gasteiger partial charge < -0.3 is 19.9 Å². The fourth-order valence-electron chi connectivity index (χ4n) is 2.49. The number of piperazine rings is 1. The lowest BCUT2D eigenvalue weighted by Gasteiger charge is -2.35. The van der Waals surface area contributed by atoms with E-state index in [2.05, 4.69) is 34.5 Å². The second-order valence-corrected chi connectivity index (χ2v) is 6.92. The van der Waals surface area contributed by atoms with Gasteiger partial charge in [-0.3, -0.25) is 0 Å². The minimum Gasteiger partial charge on any atom is -0.444 e. The van der Waals surface area contributed by atoms with E-state index in [4.69, 9.17) is 4.74 Å². The van der Waals surface area contributed by atoms with E-state index in [0.717, 1.165) is 12.2 Å². The van der Waals surface area contributed by atoms with Gasteiger partial charge >= 0.3 is 6.09 Å². The highest BCUT2D eigenvalue weighted by Gasteiger charge is 2.28. The quantitative estimate of drug-likeness (QED) is 0.912. The van der Waals surface area contributed by atoms with Crippen LogP contribution in [0.2, 0.25) is 0 Å². The van der Waals surface area contributed by atoms with Crippen molar-refractivity contribution in [3.05, 3.63) is 29.8 Å². The first kappa shape index (κ1) is 16.6. The maximum atomic E-state index is 12.2. The molecule has 1 N–H and O–H groups in total. The first-order valence-electron chi connectivity index (χ1n) is 7.75. The zero-order valence-electron chi connectivity index (χ0n) is 14.2. The van der Waals surface area contributed by atoms with Crippen LogP contribution in [-0.2, 0) is 4.74 Å². The summed E-state index contributed by atoms with van der Waals surface area (Å²) in [6.45, 7) is 7.77. The summed E-state index contributed by atoms with van der Waals surface area (Å²) in [7, 11) is 4.06. The van der Waals surface area contributed by atoms with Crippen LogP contribution >= 0.6 is 0 Å². The van der Waals surface area contributed by atoms with Gasteiger partial charge in [0.2, 0.25) is 0 Å². The summed E-state index contributed by atoms with van der Waals surface area (Å²) in [5.74, 6) is 0. The van der Waals surface area contributed by atoms with E-state index in [1.54, 1.807) is 4.90 Å². The smallest absolute Gasteiger partial charge is 0.410 e. The topological polar surface area (TPSA) is 44.8 Å². The second kappa shape index (κ2) is 6.57. The van der Waals surface area contributed by atoms with Crippen LogP contribution in [0.4, 0.5) is 10.5 Å². The molecular formula is C17H27N3O2. The lowest BCUT2D eigenvalue weighted by Crippen LogP contribution is -2.49. The number of carbonyl (C=O) groups excluding carboxylic acids is 1. The van der Waals surface area contributed by atoms with Crippen molar-refractivity contribution in [2.24, 2.45) is 0 Å². The van der Waals surface area contributed by atoms with E-state index in [1.807, 2.05) is 34.9 Å². The standard InChI is InChI=1S/C17H27N3O2/c1-17(2,3)22-16(21)20-10-9-18-15(12-20)13-7-6-8-14(11-13)19(4)5/h6-8,11,15,18H,9-10,12H2,1-5H3. The molecule has 0 radical (unpaired) electrons. The number of hydrogen-bond donors (Lipinski definition) is 1. The van der Waals surface area contributed by atoms with Gasteiger partial charge in [-0.05, 0) is 38.5 Å². The molecule has 0 saturated carbocycles. The van der Waals surface area contributed by atoms with Crippen molar-refractivity contribution in [1.29, 1.82) is 0 Å². The third-order valence-electron chi connectivity index (χ3n) is 3.62. The maximum absolute atomic E-state index is 12.2. The molecule has 1 fully saturated rings. The predicted molar refractivity (Wildman–Crippen MR) is 89.3 cm³/mol. The van der Waals surface area contributed by atoms with E-state index in [0.29, 0.717) is 13.1 Å². The number of carbonyl (C=O) groups is 1. The Hall–Kier alpha value is -1.75. The molecule has 1 aliphatic heterocycles. The third-order valence-corrected chi connectivity index (χ3v) is 3.62. The van der Waals surface area contributed by atoms with Crippen molar-refractivity contribution in [3.63, 3.8) is 0 Å². The van der Waals surface area contributed by atoms with Crippen LogP contribution in [0.25, 0.3) is 0 Å². The number of amides is 1. The minimum atomic E-state index is -0.456. The summed E-state index contributed by atoms with van der Waals surface area (Å²) in [6, 6.07) is 8.54. The Balaban J connectivity index is 2.07. The Morgan fingerprint density at radius 1 is 1.36 bits per heavy atom. The second-order valence-electron chi connectivity index (χ2n) is 6.92. The van der Waals surface area contributed by atoms with Gasteiger partial charge in [0.25, 0.3) is 0 Å². The van der Waals surface area contributed by atoms with Gasteiger partial charge in [-0.2, -0.15) is 0 Å². The Labute approximate surface area is 133 Å². The summed E-state index contributed by atoms with van der Waals surface area (Å²) in [5.41, 5.74) is 1.90. The Morgan fingerprint density at radius 3 is 2.73 bits per heavy atom. The van der Waals surface area contributed by atoms with Gasteiger partial charge in [0.05, 0.1) is 6.04 Å². The van der Waals surface area contributed by atoms with Crippen molar-refractivity contribution in [1.82, 2.24) is 10.2 Å². The van der Waals surface area contributed by atoms with Crippen LogP contribution in [-0.4, -0.2) is 50.3 Å². The van der Waals surface area contributed by atoms with E-state index in [-0.39, 0.29) is 12.1 Å². The number of hydrogen-bond acceptors (Lipinski definition) is 4. The van der Waals surface area contributed by atoms with Crippen LogP contribution < -0.4 is 10.2 Å². The summed E-state index contributed by atoms with van der Waals surface area (Å²) >= 11 is 0. The maximum Gasteiger partial charge on any atom is 0.410 e. The van der Waals surface area contributed by atoms with Gasteiger partial charge in [0, 0.05) is 39.4 Å². The average molecular weight is 305 g/mol. The molecule has 1 atom stereocenters. The van der Waals surface area contributed by atoms with Crippen molar-refractivity contribution < 1.29 is 9.53 Å². The van der Waals surface area contributed by atoms with Gasteiger partial charge in [-0.15, -0.1) is 0 Å². The zero-order valence-corrected chi connectivity index (χ0v) is 14.2. The normalized spacial score (nSPS) is 19.0. The molecule has 0 spiro atoms. The van der Waals surface area contributed by atoms with Crippen LogP contribution in [0.1, 0.15) is 32.4 Å². The lowest BCUT2D eigenvalue weighted by atomic mass is 10.0. The monoisotopic (exact) mass is 305 g/mol. The largest absolute Gasteiger partial charge is 0.444 e. The lowest BCUT2D eigenvalue weighted by molar-refractivity contribution is 0.0195. The molecule has 0 aliphatic carbocycles. The minimum absolute atomic E-state index is 0.140. The van der Waals surface area contributed by atoms with E-state index in [9.17, 15) is 4.79 Å². The van der Waals surface area contributed by atoms with Gasteiger partial charge in [-0.1, -0.05) is 12.1 Å². The van der Waals surface area contributed by atoms with E-state index >= 15 is 0 Å². The number of nitrogens with one attached hydrogen (secondary N) is 1. The molecule has 1 aromatic rings. The van der Waals surface area contributed by atoms with Gasteiger partial charge in [0.15, 0.2) is 0 Å². The number of benzene rings is 1. The highest BCUT2D eigenvalue weighted by molar-refractivity contribution is 5.68. The molecule has 1 aliphatic rings. The summed E-state index contributed by atoms with van der Waals surface area (Å²) in [6.07, 6.45) is -0.234. The summed E-state index contributed by atoms with van der Waals surface area (Å²) in [5, 5.41) is 3.48. The number of ether oxygens (including phenoxy) is 1.